The van der Waals surface area contributed by atoms with Crippen LogP contribution in [0.2, 0.25) is 10.0 Å². The first-order valence-corrected chi connectivity index (χ1v) is 6.88. The highest BCUT2D eigenvalue weighted by Crippen LogP contribution is 2.29. The number of oxazole rings is 1. The molecule has 3 rings (SSSR count). The number of aromatic nitrogens is 3. The maximum Gasteiger partial charge on any atom is 0.214 e. The Hall–Kier alpha value is -1.72. The minimum atomic E-state index is 0.370. The van der Waals surface area contributed by atoms with Crippen LogP contribution in [0.4, 0.5) is 5.95 Å². The summed E-state index contributed by atoms with van der Waals surface area (Å²) in [6.07, 6.45) is 2.52. The third-order valence-corrected chi connectivity index (χ3v) is 3.79. The van der Waals surface area contributed by atoms with Crippen molar-refractivity contribution in [1.29, 1.82) is 0 Å². The molecule has 0 saturated carbocycles. The highest BCUT2D eigenvalue weighted by atomic mass is 35.5. The summed E-state index contributed by atoms with van der Waals surface area (Å²) in [7, 11) is 0. The molecule has 3 aromatic rings. The summed E-state index contributed by atoms with van der Waals surface area (Å²) >= 11 is 12.0. The van der Waals surface area contributed by atoms with Crippen LogP contribution in [0.25, 0.3) is 11.0 Å². The van der Waals surface area contributed by atoms with E-state index in [9.17, 15) is 0 Å². The van der Waals surface area contributed by atoms with Crippen LogP contribution in [-0.4, -0.2) is 14.5 Å². The van der Waals surface area contributed by atoms with Crippen LogP contribution >= 0.6 is 23.2 Å². The number of halogens is 2. The molecular weight excluding hydrogens is 299 g/mol. The lowest BCUT2D eigenvalue weighted by Gasteiger charge is -2.04. The Morgan fingerprint density at radius 3 is 2.75 bits per heavy atom. The maximum absolute atomic E-state index is 6.05. The molecule has 0 unspecified atom stereocenters. The van der Waals surface area contributed by atoms with Crippen molar-refractivity contribution < 1.29 is 4.42 Å². The van der Waals surface area contributed by atoms with Crippen LogP contribution in [0.1, 0.15) is 18.6 Å². The number of nitrogen functional groups attached to an aromatic ring is 1. The summed E-state index contributed by atoms with van der Waals surface area (Å²) in [5.41, 5.74) is 7.43. The zero-order chi connectivity index (χ0) is 14.3. The first kappa shape index (κ1) is 13.3. The monoisotopic (exact) mass is 310 g/mol. The number of benzene rings is 1. The Morgan fingerprint density at radius 1 is 1.30 bits per heavy atom. The molecule has 20 heavy (non-hydrogen) atoms. The third-order valence-electron chi connectivity index (χ3n) is 3.06. The van der Waals surface area contributed by atoms with Crippen molar-refractivity contribution in [1.82, 2.24) is 14.5 Å². The zero-order valence-corrected chi connectivity index (χ0v) is 12.2. The molecule has 1 aromatic carbocycles. The van der Waals surface area contributed by atoms with Crippen LogP contribution < -0.4 is 5.73 Å². The Morgan fingerprint density at radius 2 is 2.05 bits per heavy atom. The molecule has 0 spiro atoms. The number of fused-ring (bicyclic) bond motifs is 1. The van der Waals surface area contributed by atoms with E-state index in [1.807, 2.05) is 6.92 Å². The fourth-order valence-corrected chi connectivity index (χ4v) is 2.34. The number of nitrogens with zero attached hydrogens (tertiary/aromatic N) is 3. The van der Waals surface area contributed by atoms with Gasteiger partial charge in [-0.3, -0.25) is 0 Å². The molecule has 0 atom stereocenters. The molecule has 7 heteroatoms. The molecule has 0 radical (unpaired) electrons. The molecular formula is C13H12Cl2N4O. The van der Waals surface area contributed by atoms with Crippen LogP contribution in [0.5, 0.6) is 0 Å². The van der Waals surface area contributed by atoms with Crippen LogP contribution in [0.3, 0.4) is 0 Å². The molecule has 2 aromatic heterocycles. The third kappa shape index (κ3) is 2.23. The van der Waals surface area contributed by atoms with Gasteiger partial charge in [0.15, 0.2) is 0 Å². The summed E-state index contributed by atoms with van der Waals surface area (Å²) in [4.78, 5) is 8.49. The number of hydrogen-bond donors (Lipinski definition) is 1. The summed E-state index contributed by atoms with van der Waals surface area (Å²) in [5, 5.41) is 0.912. The second-order valence-corrected chi connectivity index (χ2v) is 5.20. The van der Waals surface area contributed by atoms with Gasteiger partial charge in [-0.05, 0) is 12.1 Å². The molecule has 0 saturated heterocycles. The number of anilines is 1. The Bertz CT molecular complexity index is 778. The molecule has 0 aliphatic carbocycles. The molecule has 104 valence electrons. The van der Waals surface area contributed by atoms with Crippen molar-refractivity contribution in [2.24, 2.45) is 0 Å². The van der Waals surface area contributed by atoms with Gasteiger partial charge in [-0.25, -0.2) is 9.97 Å². The number of hydrogen-bond acceptors (Lipinski definition) is 4. The molecule has 0 aliphatic rings. The number of rotatable bonds is 3. The van der Waals surface area contributed by atoms with E-state index in [1.165, 1.54) is 0 Å². The van der Waals surface area contributed by atoms with E-state index in [4.69, 9.17) is 33.4 Å². The number of aryl methyl sites for hydroxylation is 1. The predicted octanol–water partition coefficient (Wildman–Crippen LogP) is 3.52. The van der Waals surface area contributed by atoms with Gasteiger partial charge in [0.25, 0.3) is 0 Å². The molecule has 0 fully saturated rings. The molecule has 0 aliphatic heterocycles. The Balaban J connectivity index is 2.06. The lowest BCUT2D eigenvalue weighted by molar-refractivity contribution is 0.449. The first-order valence-electron chi connectivity index (χ1n) is 6.12. The lowest BCUT2D eigenvalue weighted by atomic mass is 10.3. The first-order chi connectivity index (χ1) is 9.58. The highest BCUT2D eigenvalue weighted by molar-refractivity contribution is 6.42. The number of nitrogens with two attached hydrogens (primary N) is 1. The fraction of sp³-hybridized carbons (Fsp3) is 0.231. The van der Waals surface area contributed by atoms with E-state index >= 15 is 0 Å². The van der Waals surface area contributed by atoms with Crippen molar-refractivity contribution >= 4 is 40.2 Å². The van der Waals surface area contributed by atoms with E-state index in [0.29, 0.717) is 33.9 Å². The summed E-state index contributed by atoms with van der Waals surface area (Å²) in [6, 6.07) is 3.44. The SMILES string of the molecule is CCc1cnc(Cn2c(N)nc3cc(Cl)c(Cl)cc32)o1. The second kappa shape index (κ2) is 5.00. The van der Waals surface area contributed by atoms with Crippen molar-refractivity contribution in [3.8, 4) is 0 Å². The standard InChI is InChI=1S/C13H12Cl2N4O/c1-2-7-5-17-12(20-7)6-19-11-4-9(15)8(14)3-10(11)18-13(19)16/h3-5H,2,6H2,1H3,(H2,16,18). The topological polar surface area (TPSA) is 69.9 Å². The van der Waals surface area contributed by atoms with E-state index in [1.54, 1.807) is 22.9 Å². The summed E-state index contributed by atoms with van der Waals surface area (Å²) in [6.45, 7) is 2.41. The van der Waals surface area contributed by atoms with Gasteiger partial charge in [0.2, 0.25) is 11.8 Å². The van der Waals surface area contributed by atoms with Gasteiger partial charge >= 0.3 is 0 Å². The highest BCUT2D eigenvalue weighted by Gasteiger charge is 2.13. The predicted molar refractivity (Wildman–Crippen MR) is 79.1 cm³/mol. The number of imidazole rings is 1. The van der Waals surface area contributed by atoms with E-state index in [0.717, 1.165) is 17.7 Å². The summed E-state index contributed by atoms with van der Waals surface area (Å²) in [5.74, 6) is 1.79. The zero-order valence-electron chi connectivity index (χ0n) is 10.7. The van der Waals surface area contributed by atoms with Gasteiger partial charge in [-0.1, -0.05) is 30.1 Å². The van der Waals surface area contributed by atoms with Gasteiger partial charge in [-0.2, -0.15) is 0 Å². The largest absolute Gasteiger partial charge is 0.444 e. The van der Waals surface area contributed by atoms with Crippen molar-refractivity contribution in [3.05, 3.63) is 40.0 Å². The lowest BCUT2D eigenvalue weighted by Crippen LogP contribution is -2.04. The van der Waals surface area contributed by atoms with E-state index in [-0.39, 0.29) is 0 Å². The molecule has 0 bridgehead atoms. The van der Waals surface area contributed by atoms with Crippen molar-refractivity contribution in [3.63, 3.8) is 0 Å². The molecule has 0 amide bonds. The second-order valence-electron chi connectivity index (χ2n) is 4.39. The smallest absolute Gasteiger partial charge is 0.214 e. The van der Waals surface area contributed by atoms with Gasteiger partial charge in [0.05, 0.1) is 27.3 Å². The van der Waals surface area contributed by atoms with Crippen molar-refractivity contribution in [2.75, 3.05) is 5.73 Å². The minimum Gasteiger partial charge on any atom is -0.444 e. The van der Waals surface area contributed by atoms with Crippen LogP contribution in [0.15, 0.2) is 22.7 Å². The fourth-order valence-electron chi connectivity index (χ4n) is 2.02. The Kier molecular flexibility index (Phi) is 3.31. The minimum absolute atomic E-state index is 0.370. The average molecular weight is 311 g/mol. The van der Waals surface area contributed by atoms with Gasteiger partial charge in [0, 0.05) is 6.42 Å². The van der Waals surface area contributed by atoms with Gasteiger partial charge in [0.1, 0.15) is 12.3 Å². The quantitative estimate of drug-likeness (QED) is 0.803. The molecule has 2 N–H and O–H groups in total. The normalized spacial score (nSPS) is 11.3. The van der Waals surface area contributed by atoms with Crippen molar-refractivity contribution in [2.45, 2.75) is 19.9 Å². The Labute approximate surface area is 125 Å². The average Bonchev–Trinajstić information content (AvgIpc) is 2.98. The van der Waals surface area contributed by atoms with Gasteiger partial charge in [-0.15, -0.1) is 0 Å². The van der Waals surface area contributed by atoms with Crippen LogP contribution in [-0.2, 0) is 13.0 Å². The van der Waals surface area contributed by atoms with Gasteiger partial charge < -0.3 is 14.7 Å². The maximum atomic E-state index is 6.05. The molecule has 2 heterocycles. The van der Waals surface area contributed by atoms with E-state index < -0.39 is 0 Å². The van der Waals surface area contributed by atoms with E-state index in [2.05, 4.69) is 9.97 Å². The molecule has 5 nitrogen and oxygen atoms in total. The summed E-state index contributed by atoms with van der Waals surface area (Å²) < 4.78 is 7.38. The van der Waals surface area contributed by atoms with Crippen LogP contribution in [0, 0.1) is 0 Å².